The number of hydrogen-bond acceptors (Lipinski definition) is 2. The highest BCUT2D eigenvalue weighted by Crippen LogP contribution is 1.98. The summed E-state index contributed by atoms with van der Waals surface area (Å²) in [6.45, 7) is 0. The molecule has 0 amide bonds. The summed E-state index contributed by atoms with van der Waals surface area (Å²) in [7, 11) is 0. The Hall–Kier alpha value is -1.82. The number of carbonyl (C=O) groups excluding carboxylic acids is 2. The number of carbonyl (C=O) groups is 2. The van der Waals surface area contributed by atoms with Crippen LogP contribution in [0.3, 0.4) is 0 Å². The van der Waals surface area contributed by atoms with Crippen molar-refractivity contribution in [3.63, 3.8) is 0 Å². The third kappa shape index (κ3) is 2.10. The molecule has 0 aromatic carbocycles. The van der Waals surface area contributed by atoms with Crippen LogP contribution in [0.15, 0.2) is 12.3 Å². The second-order valence-electron chi connectivity index (χ2n) is 2.13. The van der Waals surface area contributed by atoms with Gasteiger partial charge in [-0.1, -0.05) is 11.8 Å². The molecule has 0 bridgehead atoms. The molecule has 1 heterocycles. The smallest absolute Gasteiger partial charge is 0.166 e. The number of aldehydes is 2. The highest BCUT2D eigenvalue weighted by molar-refractivity contribution is 5.73. The summed E-state index contributed by atoms with van der Waals surface area (Å²) in [5.74, 6) is 5.36. The number of aromatic nitrogens is 1. The van der Waals surface area contributed by atoms with E-state index in [0.717, 1.165) is 11.8 Å². The van der Waals surface area contributed by atoms with E-state index in [2.05, 4.69) is 16.8 Å². The van der Waals surface area contributed by atoms with Crippen molar-refractivity contribution in [1.82, 2.24) is 4.98 Å². The van der Waals surface area contributed by atoms with E-state index in [1.54, 1.807) is 12.3 Å². The number of rotatable bonds is 2. The van der Waals surface area contributed by atoms with Gasteiger partial charge in [0.05, 0.1) is 12.1 Å². The predicted octanol–water partition coefficient (Wildman–Crippen LogP) is 0.768. The monoisotopic (exact) mass is 161 g/mol. The Bertz CT molecular complexity index is 341. The van der Waals surface area contributed by atoms with Gasteiger partial charge in [0.25, 0.3) is 0 Å². The molecule has 60 valence electrons. The van der Waals surface area contributed by atoms with Gasteiger partial charge in [-0.2, -0.15) is 0 Å². The van der Waals surface area contributed by atoms with Crippen LogP contribution in [-0.4, -0.2) is 17.6 Å². The van der Waals surface area contributed by atoms with Crippen molar-refractivity contribution >= 4 is 12.6 Å². The average molecular weight is 161 g/mol. The Morgan fingerprint density at radius 2 is 2.33 bits per heavy atom. The maximum atomic E-state index is 10.2. The van der Waals surface area contributed by atoms with Gasteiger partial charge in [0.2, 0.25) is 0 Å². The minimum absolute atomic E-state index is 0.224. The van der Waals surface area contributed by atoms with Crippen LogP contribution in [0.4, 0.5) is 0 Å². The molecular weight excluding hydrogens is 154 g/mol. The van der Waals surface area contributed by atoms with Crippen LogP contribution in [0.2, 0.25) is 0 Å². The van der Waals surface area contributed by atoms with Crippen molar-refractivity contribution in [3.8, 4) is 11.8 Å². The summed E-state index contributed by atoms with van der Waals surface area (Å²) in [4.78, 5) is 22.8. The van der Waals surface area contributed by atoms with Gasteiger partial charge in [-0.3, -0.25) is 4.79 Å². The first-order valence-electron chi connectivity index (χ1n) is 3.43. The molecule has 0 saturated carbocycles. The third-order valence-corrected chi connectivity index (χ3v) is 1.25. The lowest BCUT2D eigenvalue weighted by Gasteiger charge is -1.73. The van der Waals surface area contributed by atoms with Crippen molar-refractivity contribution in [1.29, 1.82) is 0 Å². The standard InChI is InChI=1S/C9H7NO2/c11-4-2-1-3-8-5-9(7-12)10-6-8/h4-7,10H,2H2. The molecule has 12 heavy (non-hydrogen) atoms. The van der Waals surface area contributed by atoms with Crippen LogP contribution in [0.1, 0.15) is 22.5 Å². The van der Waals surface area contributed by atoms with Crippen molar-refractivity contribution < 1.29 is 9.59 Å². The fourth-order valence-electron chi connectivity index (χ4n) is 0.747. The maximum absolute atomic E-state index is 10.2. The molecule has 0 aliphatic rings. The minimum atomic E-state index is 0.224. The fourth-order valence-corrected chi connectivity index (χ4v) is 0.747. The van der Waals surface area contributed by atoms with E-state index >= 15 is 0 Å². The highest BCUT2D eigenvalue weighted by Gasteiger charge is 1.92. The van der Waals surface area contributed by atoms with Gasteiger partial charge in [-0.25, -0.2) is 0 Å². The summed E-state index contributed by atoms with van der Waals surface area (Å²) in [5, 5.41) is 0. The van der Waals surface area contributed by atoms with Crippen LogP contribution in [0.25, 0.3) is 0 Å². The topological polar surface area (TPSA) is 49.9 Å². The summed E-state index contributed by atoms with van der Waals surface area (Å²) in [5.41, 5.74) is 1.21. The molecule has 0 radical (unpaired) electrons. The van der Waals surface area contributed by atoms with Gasteiger partial charge in [-0.15, -0.1) is 0 Å². The molecule has 3 nitrogen and oxygen atoms in total. The van der Waals surface area contributed by atoms with Crippen LogP contribution in [0.5, 0.6) is 0 Å². The highest BCUT2D eigenvalue weighted by atomic mass is 16.1. The molecule has 0 fully saturated rings. The zero-order valence-corrected chi connectivity index (χ0v) is 6.33. The van der Waals surface area contributed by atoms with Gasteiger partial charge in [0.15, 0.2) is 6.29 Å². The molecule has 0 spiro atoms. The normalized spacial score (nSPS) is 8.33. The Kier molecular flexibility index (Phi) is 2.86. The van der Waals surface area contributed by atoms with Crippen LogP contribution < -0.4 is 0 Å². The van der Waals surface area contributed by atoms with Crippen molar-refractivity contribution in [2.45, 2.75) is 6.42 Å². The molecule has 3 heteroatoms. The first kappa shape index (κ1) is 8.28. The molecule has 1 N–H and O–H groups in total. The van der Waals surface area contributed by atoms with Gasteiger partial charge >= 0.3 is 0 Å². The average Bonchev–Trinajstić information content (AvgIpc) is 2.53. The van der Waals surface area contributed by atoms with E-state index in [-0.39, 0.29) is 6.42 Å². The largest absolute Gasteiger partial charge is 0.358 e. The van der Waals surface area contributed by atoms with Crippen molar-refractivity contribution in [3.05, 3.63) is 23.5 Å². The zero-order valence-electron chi connectivity index (χ0n) is 6.33. The SMILES string of the molecule is O=CCC#Cc1c[nH]c(C=O)c1. The first-order chi connectivity index (χ1) is 5.86. The summed E-state index contributed by atoms with van der Waals surface area (Å²) < 4.78 is 0. The van der Waals surface area contributed by atoms with E-state index in [1.165, 1.54) is 0 Å². The summed E-state index contributed by atoms with van der Waals surface area (Å²) >= 11 is 0. The minimum Gasteiger partial charge on any atom is -0.358 e. The number of aromatic amines is 1. The molecule has 1 rings (SSSR count). The molecule has 0 atom stereocenters. The molecule has 0 aliphatic heterocycles. The number of hydrogen-bond donors (Lipinski definition) is 1. The zero-order chi connectivity index (χ0) is 8.81. The fraction of sp³-hybridized carbons (Fsp3) is 0.111. The van der Waals surface area contributed by atoms with E-state index in [0.29, 0.717) is 12.0 Å². The molecule has 1 aromatic heterocycles. The quantitative estimate of drug-likeness (QED) is 0.514. The van der Waals surface area contributed by atoms with Crippen LogP contribution >= 0.6 is 0 Å². The summed E-state index contributed by atoms with van der Waals surface area (Å²) in [6, 6.07) is 1.63. The van der Waals surface area contributed by atoms with E-state index in [9.17, 15) is 9.59 Å². The lowest BCUT2D eigenvalue weighted by atomic mass is 10.3. The molecule has 0 aliphatic carbocycles. The maximum Gasteiger partial charge on any atom is 0.166 e. The van der Waals surface area contributed by atoms with Crippen molar-refractivity contribution in [2.24, 2.45) is 0 Å². The van der Waals surface area contributed by atoms with E-state index < -0.39 is 0 Å². The Morgan fingerprint density at radius 3 is 2.92 bits per heavy atom. The van der Waals surface area contributed by atoms with Gasteiger partial charge in [0.1, 0.15) is 6.29 Å². The lowest BCUT2D eigenvalue weighted by Crippen LogP contribution is -1.73. The molecule has 1 aromatic rings. The number of nitrogens with one attached hydrogen (secondary N) is 1. The lowest BCUT2D eigenvalue weighted by molar-refractivity contribution is -0.107. The Labute approximate surface area is 69.8 Å². The molecule has 0 unspecified atom stereocenters. The second-order valence-corrected chi connectivity index (χ2v) is 2.13. The first-order valence-corrected chi connectivity index (χ1v) is 3.43. The van der Waals surface area contributed by atoms with Gasteiger partial charge < -0.3 is 9.78 Å². The Morgan fingerprint density at radius 1 is 1.50 bits per heavy atom. The number of H-pyrrole nitrogens is 1. The van der Waals surface area contributed by atoms with Crippen LogP contribution in [0, 0.1) is 11.8 Å². The van der Waals surface area contributed by atoms with Gasteiger partial charge in [0, 0.05) is 11.8 Å². The van der Waals surface area contributed by atoms with E-state index in [1.807, 2.05) is 0 Å². The predicted molar refractivity (Wildman–Crippen MR) is 43.7 cm³/mol. The van der Waals surface area contributed by atoms with Crippen molar-refractivity contribution in [2.75, 3.05) is 0 Å². The molecular formula is C9H7NO2. The molecule has 0 saturated heterocycles. The van der Waals surface area contributed by atoms with Gasteiger partial charge in [-0.05, 0) is 6.07 Å². The third-order valence-electron chi connectivity index (χ3n) is 1.25. The Balaban J connectivity index is 2.71. The summed E-state index contributed by atoms with van der Waals surface area (Å²) in [6.07, 6.45) is 3.30. The van der Waals surface area contributed by atoms with E-state index in [4.69, 9.17) is 0 Å². The van der Waals surface area contributed by atoms with Crippen LogP contribution in [-0.2, 0) is 4.79 Å². The second kappa shape index (κ2) is 4.14.